The summed E-state index contributed by atoms with van der Waals surface area (Å²) < 4.78 is 0.783. The highest BCUT2D eigenvalue weighted by Gasteiger charge is 2.16. The van der Waals surface area contributed by atoms with Crippen LogP contribution in [0.5, 0.6) is 0 Å². The van der Waals surface area contributed by atoms with E-state index >= 15 is 0 Å². The lowest BCUT2D eigenvalue weighted by Gasteiger charge is -2.25. The fourth-order valence-corrected chi connectivity index (χ4v) is 2.23. The molecule has 1 aromatic rings. The van der Waals surface area contributed by atoms with E-state index in [-0.39, 0.29) is 0 Å². The predicted molar refractivity (Wildman–Crippen MR) is 68.0 cm³/mol. The van der Waals surface area contributed by atoms with Crippen LogP contribution in [-0.2, 0) is 0 Å². The van der Waals surface area contributed by atoms with Crippen molar-refractivity contribution < 1.29 is 0 Å². The number of hydrazine groups is 1. The highest BCUT2D eigenvalue weighted by molar-refractivity contribution is 9.10. The molecule has 0 aliphatic heterocycles. The van der Waals surface area contributed by atoms with Crippen molar-refractivity contribution in [3.8, 4) is 0 Å². The smallest absolute Gasteiger partial charge is 0.159 e. The molecule has 16 heavy (non-hydrogen) atoms. The summed E-state index contributed by atoms with van der Waals surface area (Å²) in [5.74, 6) is 7.62. The van der Waals surface area contributed by atoms with Crippen LogP contribution in [0.3, 0.4) is 0 Å². The molecule has 88 valence electrons. The Morgan fingerprint density at radius 3 is 2.75 bits per heavy atom. The lowest BCUT2D eigenvalue weighted by atomic mass is 9.83. The second kappa shape index (κ2) is 5.45. The van der Waals surface area contributed by atoms with Crippen LogP contribution >= 0.6 is 15.9 Å². The standard InChI is InChI=1S/C10H16BrN5/c11-8-9(14-6-15-10(8)16-12)13-5-4-7-2-1-3-7/h6-7H,1-5,12H2,(H2,13,14,15,16). The van der Waals surface area contributed by atoms with E-state index in [1.165, 1.54) is 32.0 Å². The third-order valence-corrected chi connectivity index (χ3v) is 3.75. The number of aromatic nitrogens is 2. The van der Waals surface area contributed by atoms with E-state index in [1.54, 1.807) is 0 Å². The van der Waals surface area contributed by atoms with Gasteiger partial charge in [-0.3, -0.25) is 0 Å². The Labute approximate surface area is 103 Å². The molecule has 0 bridgehead atoms. The van der Waals surface area contributed by atoms with E-state index in [1.807, 2.05) is 0 Å². The second-order valence-corrected chi connectivity index (χ2v) is 4.83. The van der Waals surface area contributed by atoms with Crippen molar-refractivity contribution >= 4 is 27.6 Å². The molecule has 4 N–H and O–H groups in total. The number of hydrogen-bond donors (Lipinski definition) is 3. The first-order valence-electron chi connectivity index (χ1n) is 5.52. The van der Waals surface area contributed by atoms with Crippen LogP contribution in [0.2, 0.25) is 0 Å². The normalized spacial score (nSPS) is 15.6. The highest BCUT2D eigenvalue weighted by atomic mass is 79.9. The predicted octanol–water partition coefficient (Wildman–Crippen LogP) is 2.13. The van der Waals surface area contributed by atoms with Gasteiger partial charge in [0.1, 0.15) is 16.6 Å². The lowest BCUT2D eigenvalue weighted by Crippen LogP contribution is -2.17. The van der Waals surface area contributed by atoms with Gasteiger partial charge in [-0.05, 0) is 28.3 Å². The van der Waals surface area contributed by atoms with Crippen molar-refractivity contribution in [1.29, 1.82) is 0 Å². The van der Waals surface area contributed by atoms with Gasteiger partial charge in [0.2, 0.25) is 0 Å². The summed E-state index contributed by atoms with van der Waals surface area (Å²) in [6.07, 6.45) is 6.85. The van der Waals surface area contributed by atoms with Crippen molar-refractivity contribution in [3.05, 3.63) is 10.8 Å². The minimum Gasteiger partial charge on any atom is -0.369 e. The minimum atomic E-state index is 0.598. The van der Waals surface area contributed by atoms with Gasteiger partial charge in [0.05, 0.1) is 0 Å². The molecule has 1 aliphatic rings. The van der Waals surface area contributed by atoms with Crippen molar-refractivity contribution in [1.82, 2.24) is 9.97 Å². The Kier molecular flexibility index (Phi) is 3.95. The van der Waals surface area contributed by atoms with Gasteiger partial charge in [-0.15, -0.1) is 0 Å². The molecule has 0 amide bonds. The van der Waals surface area contributed by atoms with E-state index in [0.29, 0.717) is 5.82 Å². The molecular formula is C10H16BrN5. The average molecular weight is 286 g/mol. The van der Waals surface area contributed by atoms with Crippen LogP contribution in [-0.4, -0.2) is 16.5 Å². The van der Waals surface area contributed by atoms with Gasteiger partial charge in [0.25, 0.3) is 0 Å². The van der Waals surface area contributed by atoms with Crippen molar-refractivity contribution in [2.45, 2.75) is 25.7 Å². The summed E-state index contributed by atoms with van der Waals surface area (Å²) in [7, 11) is 0. The largest absolute Gasteiger partial charge is 0.369 e. The lowest BCUT2D eigenvalue weighted by molar-refractivity contribution is 0.303. The number of nitrogens with zero attached hydrogens (tertiary/aromatic N) is 2. The molecule has 1 aromatic heterocycles. The Morgan fingerprint density at radius 2 is 2.12 bits per heavy atom. The summed E-state index contributed by atoms with van der Waals surface area (Å²) >= 11 is 3.41. The average Bonchev–Trinajstić information content (AvgIpc) is 2.24. The van der Waals surface area contributed by atoms with Crippen LogP contribution in [0.1, 0.15) is 25.7 Å². The zero-order valence-electron chi connectivity index (χ0n) is 9.04. The topological polar surface area (TPSA) is 75.9 Å². The van der Waals surface area contributed by atoms with E-state index in [0.717, 1.165) is 22.8 Å². The monoisotopic (exact) mass is 285 g/mol. The maximum absolute atomic E-state index is 5.33. The molecule has 0 radical (unpaired) electrons. The van der Waals surface area contributed by atoms with Gasteiger partial charge in [-0.25, -0.2) is 15.8 Å². The molecule has 1 saturated carbocycles. The zero-order valence-corrected chi connectivity index (χ0v) is 10.6. The molecule has 0 saturated heterocycles. The molecule has 0 unspecified atom stereocenters. The van der Waals surface area contributed by atoms with Crippen molar-refractivity contribution in [3.63, 3.8) is 0 Å². The summed E-state index contributed by atoms with van der Waals surface area (Å²) in [5.41, 5.74) is 2.52. The molecule has 1 fully saturated rings. The first kappa shape index (κ1) is 11.6. The Hall–Kier alpha value is -0.880. The number of halogens is 1. The summed E-state index contributed by atoms with van der Waals surface area (Å²) in [4.78, 5) is 8.16. The first-order valence-corrected chi connectivity index (χ1v) is 6.31. The van der Waals surface area contributed by atoms with Crippen LogP contribution in [0.4, 0.5) is 11.6 Å². The van der Waals surface area contributed by atoms with E-state index in [2.05, 4.69) is 36.6 Å². The number of nitrogens with two attached hydrogens (primary N) is 1. The fourth-order valence-electron chi connectivity index (χ4n) is 1.77. The Bertz CT molecular complexity index is 353. The quantitative estimate of drug-likeness (QED) is 0.571. The third kappa shape index (κ3) is 2.62. The fraction of sp³-hybridized carbons (Fsp3) is 0.600. The number of anilines is 2. The highest BCUT2D eigenvalue weighted by Crippen LogP contribution is 2.30. The summed E-state index contributed by atoms with van der Waals surface area (Å²) in [6, 6.07) is 0. The molecule has 0 atom stereocenters. The van der Waals surface area contributed by atoms with Gasteiger partial charge in [-0.1, -0.05) is 19.3 Å². The molecule has 5 nitrogen and oxygen atoms in total. The van der Waals surface area contributed by atoms with E-state index in [4.69, 9.17) is 5.84 Å². The maximum Gasteiger partial charge on any atom is 0.159 e. The number of nitrogen functional groups attached to an aromatic ring is 1. The van der Waals surface area contributed by atoms with Crippen LogP contribution in [0, 0.1) is 5.92 Å². The molecular weight excluding hydrogens is 270 g/mol. The van der Waals surface area contributed by atoms with Gasteiger partial charge < -0.3 is 10.7 Å². The molecule has 6 heteroatoms. The first-order chi connectivity index (χ1) is 7.81. The van der Waals surface area contributed by atoms with Gasteiger partial charge in [0.15, 0.2) is 5.82 Å². The maximum atomic E-state index is 5.33. The zero-order chi connectivity index (χ0) is 11.4. The summed E-state index contributed by atoms with van der Waals surface area (Å²) in [6.45, 7) is 0.949. The number of nitrogens with one attached hydrogen (secondary N) is 2. The molecule has 1 heterocycles. The number of rotatable bonds is 5. The van der Waals surface area contributed by atoms with Gasteiger partial charge in [0, 0.05) is 6.54 Å². The minimum absolute atomic E-state index is 0.598. The Balaban J connectivity index is 1.87. The third-order valence-electron chi connectivity index (χ3n) is 3.00. The molecule has 2 rings (SSSR count). The van der Waals surface area contributed by atoms with Crippen LogP contribution in [0.25, 0.3) is 0 Å². The van der Waals surface area contributed by atoms with Crippen LogP contribution < -0.4 is 16.6 Å². The summed E-state index contributed by atoms with van der Waals surface area (Å²) in [5, 5.41) is 3.29. The molecule has 0 spiro atoms. The molecule has 1 aliphatic carbocycles. The van der Waals surface area contributed by atoms with Crippen molar-refractivity contribution in [2.24, 2.45) is 11.8 Å². The van der Waals surface area contributed by atoms with E-state index in [9.17, 15) is 0 Å². The SMILES string of the molecule is NNc1ncnc(NCCC2CCC2)c1Br. The Morgan fingerprint density at radius 1 is 1.38 bits per heavy atom. The van der Waals surface area contributed by atoms with Gasteiger partial charge in [-0.2, -0.15) is 0 Å². The van der Waals surface area contributed by atoms with E-state index < -0.39 is 0 Å². The number of hydrogen-bond acceptors (Lipinski definition) is 5. The second-order valence-electron chi connectivity index (χ2n) is 4.04. The molecule has 0 aromatic carbocycles. The van der Waals surface area contributed by atoms with Crippen molar-refractivity contribution in [2.75, 3.05) is 17.3 Å². The van der Waals surface area contributed by atoms with Gasteiger partial charge >= 0.3 is 0 Å². The van der Waals surface area contributed by atoms with Crippen LogP contribution in [0.15, 0.2) is 10.8 Å².